The molecule has 1 fully saturated rings. The zero-order valence-corrected chi connectivity index (χ0v) is 15.9. The van der Waals surface area contributed by atoms with Crippen molar-refractivity contribution in [1.29, 1.82) is 0 Å². The molecular formula is C19H27N3OS. The van der Waals surface area contributed by atoms with Crippen molar-refractivity contribution in [2.45, 2.75) is 52.5 Å². The molecule has 0 spiro atoms. The van der Waals surface area contributed by atoms with Crippen LogP contribution in [-0.4, -0.2) is 42.0 Å². The molecule has 1 aromatic heterocycles. The summed E-state index contributed by atoms with van der Waals surface area (Å²) in [5.74, 6) is 0.233. The van der Waals surface area contributed by atoms with E-state index in [1.807, 2.05) is 11.9 Å². The fraction of sp³-hybridized carbons (Fsp3) is 0.579. The van der Waals surface area contributed by atoms with Crippen molar-refractivity contribution >= 4 is 32.6 Å². The van der Waals surface area contributed by atoms with Gasteiger partial charge in [-0.2, -0.15) is 0 Å². The number of carbonyl (C=O) groups is 1. The third-order valence-electron chi connectivity index (χ3n) is 5.05. The van der Waals surface area contributed by atoms with E-state index in [9.17, 15) is 4.79 Å². The molecular weight excluding hydrogens is 318 g/mol. The van der Waals surface area contributed by atoms with Crippen LogP contribution in [0.1, 0.15) is 43.7 Å². The summed E-state index contributed by atoms with van der Waals surface area (Å²) in [5.41, 5.74) is 3.51. The van der Waals surface area contributed by atoms with E-state index >= 15 is 0 Å². The lowest BCUT2D eigenvalue weighted by atomic mass is 10.00. The molecule has 5 heteroatoms. The molecule has 0 bridgehead atoms. The first-order valence-electron chi connectivity index (χ1n) is 8.88. The SMILES string of the molecule is CCC1CCCCN1C(=O)CN(C)c1nc2c(C)ccc(C)c2s1. The molecule has 1 aromatic carbocycles. The molecule has 4 nitrogen and oxygen atoms in total. The number of hydrogen-bond acceptors (Lipinski definition) is 4. The topological polar surface area (TPSA) is 36.4 Å². The largest absolute Gasteiger partial charge is 0.342 e. The van der Waals surface area contributed by atoms with Crippen LogP contribution in [0.5, 0.6) is 0 Å². The van der Waals surface area contributed by atoms with Gasteiger partial charge in [0.05, 0.1) is 16.8 Å². The van der Waals surface area contributed by atoms with Crippen LogP contribution < -0.4 is 4.90 Å². The van der Waals surface area contributed by atoms with Crippen molar-refractivity contribution in [3.63, 3.8) is 0 Å². The smallest absolute Gasteiger partial charge is 0.242 e. The first kappa shape index (κ1) is 17.2. The maximum atomic E-state index is 12.8. The van der Waals surface area contributed by atoms with E-state index < -0.39 is 0 Å². The molecule has 1 aliphatic rings. The second-order valence-electron chi connectivity index (χ2n) is 6.87. The molecule has 24 heavy (non-hydrogen) atoms. The van der Waals surface area contributed by atoms with Crippen LogP contribution in [0.3, 0.4) is 0 Å². The minimum absolute atomic E-state index is 0.233. The molecule has 0 saturated carbocycles. The van der Waals surface area contributed by atoms with Crippen LogP contribution in [0.2, 0.25) is 0 Å². The minimum atomic E-state index is 0.233. The number of amides is 1. The van der Waals surface area contributed by atoms with Gasteiger partial charge in [0.1, 0.15) is 0 Å². The third kappa shape index (κ3) is 3.27. The number of aromatic nitrogens is 1. The van der Waals surface area contributed by atoms with Gasteiger partial charge < -0.3 is 9.80 Å². The molecule has 0 radical (unpaired) electrons. The molecule has 1 atom stereocenters. The van der Waals surface area contributed by atoms with Crippen molar-refractivity contribution in [3.05, 3.63) is 23.3 Å². The number of piperidine rings is 1. The van der Waals surface area contributed by atoms with E-state index in [4.69, 9.17) is 4.98 Å². The summed E-state index contributed by atoms with van der Waals surface area (Å²) < 4.78 is 1.23. The molecule has 1 amide bonds. The van der Waals surface area contributed by atoms with Gasteiger partial charge >= 0.3 is 0 Å². The van der Waals surface area contributed by atoms with E-state index in [0.29, 0.717) is 12.6 Å². The van der Waals surface area contributed by atoms with Crippen molar-refractivity contribution < 1.29 is 4.79 Å². The van der Waals surface area contributed by atoms with Crippen LogP contribution in [0.4, 0.5) is 5.13 Å². The normalized spacial score (nSPS) is 18.2. The highest BCUT2D eigenvalue weighted by molar-refractivity contribution is 7.22. The highest BCUT2D eigenvalue weighted by atomic mass is 32.1. The Morgan fingerprint density at radius 2 is 2.08 bits per heavy atom. The Kier molecular flexibility index (Phi) is 5.09. The first-order valence-corrected chi connectivity index (χ1v) is 9.70. The van der Waals surface area contributed by atoms with E-state index in [1.165, 1.54) is 22.2 Å². The fourth-order valence-electron chi connectivity index (χ4n) is 3.53. The predicted molar refractivity (Wildman–Crippen MR) is 102 cm³/mol. The number of likely N-dealkylation sites (tertiary alicyclic amines) is 1. The summed E-state index contributed by atoms with van der Waals surface area (Å²) in [4.78, 5) is 21.6. The Balaban J connectivity index is 1.77. The minimum Gasteiger partial charge on any atom is -0.342 e. The van der Waals surface area contributed by atoms with Crippen LogP contribution in [0.25, 0.3) is 10.2 Å². The van der Waals surface area contributed by atoms with Crippen LogP contribution in [-0.2, 0) is 4.79 Å². The van der Waals surface area contributed by atoms with Gasteiger partial charge in [-0.25, -0.2) is 4.98 Å². The number of fused-ring (bicyclic) bond motifs is 1. The molecule has 1 aliphatic heterocycles. The molecule has 1 saturated heterocycles. The molecule has 2 aromatic rings. The molecule has 1 unspecified atom stereocenters. The number of rotatable bonds is 4. The maximum Gasteiger partial charge on any atom is 0.242 e. The predicted octanol–water partition coefficient (Wildman–Crippen LogP) is 4.14. The van der Waals surface area contributed by atoms with Crippen molar-refractivity contribution in [2.75, 3.05) is 25.0 Å². The standard InChI is InChI=1S/C19H27N3OS/c1-5-15-8-6-7-11-22(15)16(23)12-21(4)19-20-17-13(2)9-10-14(3)18(17)24-19/h9-10,15H,5-8,11-12H2,1-4H3. The molecule has 0 aliphatic carbocycles. The van der Waals surface area contributed by atoms with Crippen molar-refractivity contribution in [2.24, 2.45) is 0 Å². The highest BCUT2D eigenvalue weighted by Crippen LogP contribution is 2.32. The number of carbonyl (C=O) groups excluding carboxylic acids is 1. The van der Waals surface area contributed by atoms with Gasteiger partial charge in [-0.1, -0.05) is 30.4 Å². The van der Waals surface area contributed by atoms with Gasteiger partial charge in [-0.3, -0.25) is 4.79 Å². The summed E-state index contributed by atoms with van der Waals surface area (Å²) in [6.45, 7) is 7.71. The Morgan fingerprint density at radius 3 is 2.79 bits per heavy atom. The highest BCUT2D eigenvalue weighted by Gasteiger charge is 2.26. The lowest BCUT2D eigenvalue weighted by Gasteiger charge is -2.36. The average Bonchev–Trinajstić information content (AvgIpc) is 3.05. The Labute approximate surface area is 148 Å². The van der Waals surface area contributed by atoms with Crippen molar-refractivity contribution in [3.8, 4) is 0 Å². The van der Waals surface area contributed by atoms with Gasteiger partial charge in [-0.05, 0) is 50.7 Å². The number of nitrogens with zero attached hydrogens (tertiary/aromatic N) is 3. The Morgan fingerprint density at radius 1 is 1.33 bits per heavy atom. The number of hydrogen-bond donors (Lipinski definition) is 0. The quantitative estimate of drug-likeness (QED) is 0.835. The second-order valence-corrected chi connectivity index (χ2v) is 7.85. The van der Waals surface area contributed by atoms with E-state index in [1.54, 1.807) is 11.3 Å². The summed E-state index contributed by atoms with van der Waals surface area (Å²) in [7, 11) is 1.98. The zero-order chi connectivity index (χ0) is 17.3. The number of aryl methyl sites for hydroxylation is 2. The van der Waals surface area contributed by atoms with Gasteiger partial charge in [-0.15, -0.1) is 0 Å². The van der Waals surface area contributed by atoms with Crippen molar-refractivity contribution in [1.82, 2.24) is 9.88 Å². The van der Waals surface area contributed by atoms with E-state index in [2.05, 4.69) is 37.8 Å². The summed E-state index contributed by atoms with van der Waals surface area (Å²) in [6, 6.07) is 4.68. The Hall–Kier alpha value is -1.62. The number of anilines is 1. The molecule has 130 valence electrons. The van der Waals surface area contributed by atoms with Gasteiger partial charge in [0.15, 0.2) is 5.13 Å². The number of thiazole rings is 1. The van der Waals surface area contributed by atoms with Gasteiger partial charge in [0, 0.05) is 19.6 Å². The molecule has 0 N–H and O–H groups in total. The maximum absolute atomic E-state index is 12.8. The average molecular weight is 346 g/mol. The zero-order valence-electron chi connectivity index (χ0n) is 15.1. The van der Waals surface area contributed by atoms with E-state index in [0.717, 1.165) is 36.5 Å². The lowest BCUT2D eigenvalue weighted by Crippen LogP contribution is -2.47. The third-order valence-corrected chi connectivity index (χ3v) is 6.35. The molecule has 3 rings (SSSR count). The van der Waals surface area contributed by atoms with E-state index in [-0.39, 0.29) is 5.91 Å². The lowest BCUT2D eigenvalue weighted by molar-refractivity contribution is -0.133. The first-order chi connectivity index (χ1) is 11.5. The summed E-state index contributed by atoms with van der Waals surface area (Å²) in [5, 5.41) is 0.931. The Bertz CT molecular complexity index is 701. The van der Waals surface area contributed by atoms with Crippen LogP contribution in [0, 0.1) is 13.8 Å². The fourth-order valence-corrected chi connectivity index (χ4v) is 4.60. The van der Waals surface area contributed by atoms with Gasteiger partial charge in [0.25, 0.3) is 0 Å². The van der Waals surface area contributed by atoms with Crippen LogP contribution in [0.15, 0.2) is 12.1 Å². The van der Waals surface area contributed by atoms with Crippen LogP contribution >= 0.6 is 11.3 Å². The summed E-state index contributed by atoms with van der Waals surface area (Å²) in [6.07, 6.45) is 4.57. The monoisotopic (exact) mass is 345 g/mol. The number of likely N-dealkylation sites (N-methyl/N-ethyl adjacent to an activating group) is 1. The number of benzene rings is 1. The summed E-state index contributed by atoms with van der Waals surface area (Å²) >= 11 is 1.69. The molecule has 2 heterocycles. The van der Waals surface area contributed by atoms with Gasteiger partial charge in [0.2, 0.25) is 5.91 Å². The second kappa shape index (κ2) is 7.09.